The molecule has 4 nitrogen and oxygen atoms in total. The first-order chi connectivity index (χ1) is 6.42. The van der Waals surface area contributed by atoms with Gasteiger partial charge in [-0.3, -0.25) is 0 Å². The summed E-state index contributed by atoms with van der Waals surface area (Å²) in [5, 5.41) is 3.21. The SMILES string of the molecule is COc1nccnc1C1=CCNC1. The van der Waals surface area contributed by atoms with Gasteiger partial charge in [0, 0.05) is 25.5 Å². The van der Waals surface area contributed by atoms with Crippen LogP contribution in [-0.2, 0) is 0 Å². The zero-order valence-electron chi connectivity index (χ0n) is 7.45. The third-order valence-corrected chi connectivity index (χ3v) is 1.97. The van der Waals surface area contributed by atoms with E-state index >= 15 is 0 Å². The second-order valence-electron chi connectivity index (χ2n) is 2.77. The predicted octanol–water partition coefficient (Wildman–Crippen LogP) is 0.472. The van der Waals surface area contributed by atoms with Crippen molar-refractivity contribution in [3.05, 3.63) is 24.2 Å². The van der Waals surface area contributed by atoms with Crippen molar-refractivity contribution >= 4 is 5.57 Å². The number of nitrogens with one attached hydrogen (secondary N) is 1. The van der Waals surface area contributed by atoms with Crippen LogP contribution in [0.25, 0.3) is 5.57 Å². The van der Waals surface area contributed by atoms with Crippen LogP contribution in [0.1, 0.15) is 5.69 Å². The zero-order chi connectivity index (χ0) is 9.10. The van der Waals surface area contributed by atoms with Crippen LogP contribution >= 0.6 is 0 Å². The average molecular weight is 177 g/mol. The molecule has 0 radical (unpaired) electrons. The van der Waals surface area contributed by atoms with Gasteiger partial charge in [0.25, 0.3) is 0 Å². The number of methoxy groups -OCH3 is 1. The molecule has 0 fully saturated rings. The highest BCUT2D eigenvalue weighted by molar-refractivity contribution is 5.69. The van der Waals surface area contributed by atoms with Crippen molar-refractivity contribution in [2.45, 2.75) is 0 Å². The van der Waals surface area contributed by atoms with Gasteiger partial charge in [0.1, 0.15) is 5.69 Å². The monoisotopic (exact) mass is 177 g/mol. The van der Waals surface area contributed by atoms with E-state index < -0.39 is 0 Å². The van der Waals surface area contributed by atoms with Crippen LogP contribution in [0.2, 0.25) is 0 Å². The summed E-state index contributed by atoms with van der Waals surface area (Å²) in [4.78, 5) is 8.32. The topological polar surface area (TPSA) is 47.0 Å². The van der Waals surface area contributed by atoms with Crippen molar-refractivity contribution in [2.75, 3.05) is 20.2 Å². The van der Waals surface area contributed by atoms with Crippen LogP contribution in [0.4, 0.5) is 0 Å². The molecule has 68 valence electrons. The van der Waals surface area contributed by atoms with Crippen LogP contribution in [0, 0.1) is 0 Å². The summed E-state index contributed by atoms with van der Waals surface area (Å²) in [6.07, 6.45) is 5.41. The van der Waals surface area contributed by atoms with E-state index in [1.165, 1.54) is 0 Å². The molecule has 1 aromatic heterocycles. The van der Waals surface area contributed by atoms with E-state index in [9.17, 15) is 0 Å². The van der Waals surface area contributed by atoms with Gasteiger partial charge >= 0.3 is 0 Å². The quantitative estimate of drug-likeness (QED) is 0.713. The molecule has 1 aliphatic rings. The lowest BCUT2D eigenvalue weighted by Crippen LogP contribution is -2.08. The fourth-order valence-corrected chi connectivity index (χ4v) is 1.35. The van der Waals surface area contributed by atoms with Gasteiger partial charge in [-0.15, -0.1) is 0 Å². The lowest BCUT2D eigenvalue weighted by atomic mass is 10.2. The predicted molar refractivity (Wildman–Crippen MR) is 49.4 cm³/mol. The fraction of sp³-hybridized carbons (Fsp3) is 0.333. The summed E-state index contributed by atoms with van der Waals surface area (Å²) in [5.74, 6) is 0.595. The van der Waals surface area contributed by atoms with E-state index in [1.807, 2.05) is 0 Å². The summed E-state index contributed by atoms with van der Waals surface area (Å²) in [6.45, 7) is 1.74. The summed E-state index contributed by atoms with van der Waals surface area (Å²) < 4.78 is 5.12. The smallest absolute Gasteiger partial charge is 0.240 e. The Morgan fingerprint density at radius 1 is 1.38 bits per heavy atom. The molecule has 4 heteroatoms. The molecule has 0 amide bonds. The van der Waals surface area contributed by atoms with E-state index in [1.54, 1.807) is 19.5 Å². The highest BCUT2D eigenvalue weighted by atomic mass is 16.5. The van der Waals surface area contributed by atoms with Gasteiger partial charge in [0.2, 0.25) is 5.88 Å². The Hall–Kier alpha value is -1.42. The van der Waals surface area contributed by atoms with Crippen LogP contribution < -0.4 is 10.1 Å². The lowest BCUT2D eigenvalue weighted by Gasteiger charge is -2.05. The van der Waals surface area contributed by atoms with Crippen molar-refractivity contribution in [2.24, 2.45) is 0 Å². The van der Waals surface area contributed by atoms with Crippen molar-refractivity contribution in [1.29, 1.82) is 0 Å². The van der Waals surface area contributed by atoms with Crippen LogP contribution in [-0.4, -0.2) is 30.2 Å². The number of ether oxygens (including phenoxy) is 1. The normalized spacial score (nSPS) is 15.6. The fourth-order valence-electron chi connectivity index (χ4n) is 1.35. The van der Waals surface area contributed by atoms with Gasteiger partial charge < -0.3 is 10.1 Å². The van der Waals surface area contributed by atoms with Crippen molar-refractivity contribution in [1.82, 2.24) is 15.3 Å². The minimum Gasteiger partial charge on any atom is -0.479 e. The summed E-state index contributed by atoms with van der Waals surface area (Å²) in [6, 6.07) is 0. The van der Waals surface area contributed by atoms with E-state index in [0.717, 1.165) is 24.4 Å². The Morgan fingerprint density at radius 3 is 2.92 bits per heavy atom. The van der Waals surface area contributed by atoms with Crippen molar-refractivity contribution < 1.29 is 4.74 Å². The van der Waals surface area contributed by atoms with Crippen LogP contribution in [0.5, 0.6) is 5.88 Å². The Labute approximate surface area is 76.7 Å². The van der Waals surface area contributed by atoms with E-state index in [0.29, 0.717) is 5.88 Å². The Balaban J connectivity index is 2.38. The molecule has 2 heterocycles. The van der Waals surface area contributed by atoms with E-state index in [2.05, 4.69) is 21.4 Å². The number of hydrogen-bond acceptors (Lipinski definition) is 4. The number of aromatic nitrogens is 2. The molecule has 0 saturated carbocycles. The molecule has 0 unspecified atom stereocenters. The molecule has 0 atom stereocenters. The average Bonchev–Trinajstić information content (AvgIpc) is 2.70. The maximum atomic E-state index is 5.12. The molecule has 2 rings (SSSR count). The summed E-state index contributed by atoms with van der Waals surface area (Å²) in [5.41, 5.74) is 2.00. The molecule has 0 spiro atoms. The minimum absolute atomic E-state index is 0.595. The second kappa shape index (κ2) is 3.53. The number of hydrogen-bond donors (Lipinski definition) is 1. The van der Waals surface area contributed by atoms with E-state index in [-0.39, 0.29) is 0 Å². The van der Waals surface area contributed by atoms with Gasteiger partial charge in [0.15, 0.2) is 0 Å². The number of nitrogens with zero attached hydrogens (tertiary/aromatic N) is 2. The minimum atomic E-state index is 0.595. The molecular weight excluding hydrogens is 166 g/mol. The highest BCUT2D eigenvalue weighted by Gasteiger charge is 2.13. The van der Waals surface area contributed by atoms with Crippen molar-refractivity contribution in [3.8, 4) is 5.88 Å². The number of rotatable bonds is 2. The van der Waals surface area contributed by atoms with Gasteiger partial charge in [-0.1, -0.05) is 6.08 Å². The summed E-state index contributed by atoms with van der Waals surface area (Å²) in [7, 11) is 1.61. The third-order valence-electron chi connectivity index (χ3n) is 1.97. The first-order valence-corrected chi connectivity index (χ1v) is 4.17. The molecule has 0 aromatic carbocycles. The van der Waals surface area contributed by atoms with Crippen LogP contribution in [0.3, 0.4) is 0 Å². The van der Waals surface area contributed by atoms with Crippen molar-refractivity contribution in [3.63, 3.8) is 0 Å². The Morgan fingerprint density at radius 2 is 2.23 bits per heavy atom. The largest absolute Gasteiger partial charge is 0.479 e. The maximum absolute atomic E-state index is 5.12. The molecule has 1 aromatic rings. The first-order valence-electron chi connectivity index (χ1n) is 4.17. The van der Waals surface area contributed by atoms with Crippen LogP contribution in [0.15, 0.2) is 18.5 Å². The van der Waals surface area contributed by atoms with Gasteiger partial charge in [-0.25, -0.2) is 9.97 Å². The Kier molecular flexibility index (Phi) is 2.23. The molecular formula is C9H11N3O. The summed E-state index contributed by atoms with van der Waals surface area (Å²) >= 11 is 0. The third kappa shape index (κ3) is 1.53. The lowest BCUT2D eigenvalue weighted by molar-refractivity contribution is 0.394. The first kappa shape index (κ1) is 8.19. The molecule has 1 aliphatic heterocycles. The zero-order valence-corrected chi connectivity index (χ0v) is 7.45. The molecule has 1 N–H and O–H groups in total. The maximum Gasteiger partial charge on any atom is 0.240 e. The standard InChI is InChI=1S/C9H11N3O/c1-13-9-8(11-4-5-12-9)7-2-3-10-6-7/h2,4-5,10H,3,6H2,1H3. The highest BCUT2D eigenvalue weighted by Crippen LogP contribution is 2.21. The second-order valence-corrected chi connectivity index (χ2v) is 2.77. The van der Waals surface area contributed by atoms with E-state index in [4.69, 9.17) is 4.74 Å². The van der Waals surface area contributed by atoms with Gasteiger partial charge in [-0.05, 0) is 5.57 Å². The molecule has 0 saturated heterocycles. The molecule has 13 heavy (non-hydrogen) atoms. The van der Waals surface area contributed by atoms with Gasteiger partial charge in [0.05, 0.1) is 7.11 Å². The van der Waals surface area contributed by atoms with Gasteiger partial charge in [-0.2, -0.15) is 0 Å². The molecule has 0 aliphatic carbocycles. The Bertz CT molecular complexity index is 335. The molecule has 0 bridgehead atoms.